The van der Waals surface area contributed by atoms with E-state index in [4.69, 9.17) is 0 Å². The van der Waals surface area contributed by atoms with Crippen LogP contribution >= 0.6 is 0 Å². The maximum atomic E-state index is 12.4. The molecule has 0 unspecified atom stereocenters. The lowest BCUT2D eigenvalue weighted by Gasteiger charge is -2.32. The molecule has 3 rings (SSSR count). The highest BCUT2D eigenvalue weighted by Crippen LogP contribution is 2.20. The van der Waals surface area contributed by atoms with E-state index >= 15 is 0 Å². The third-order valence-corrected chi connectivity index (χ3v) is 5.40. The molecular formula is C21H30N2O. The largest absolute Gasteiger partial charge is 0.342 e. The molecule has 3 nitrogen and oxygen atoms in total. The predicted octanol–water partition coefficient (Wildman–Crippen LogP) is 3.86. The van der Waals surface area contributed by atoms with Gasteiger partial charge in [-0.05, 0) is 37.2 Å². The number of carbonyl (C=O) groups excluding carboxylic acids is 1. The molecule has 1 aliphatic heterocycles. The van der Waals surface area contributed by atoms with E-state index in [-0.39, 0.29) is 5.91 Å². The maximum absolute atomic E-state index is 12.4. The molecule has 3 heteroatoms. The summed E-state index contributed by atoms with van der Waals surface area (Å²) in [7, 11) is 0. The molecule has 1 aromatic carbocycles. The molecule has 1 heterocycles. The number of amides is 1. The fourth-order valence-corrected chi connectivity index (χ4v) is 3.80. The summed E-state index contributed by atoms with van der Waals surface area (Å²) in [6, 6.07) is 11.0. The molecule has 2 aliphatic rings. The van der Waals surface area contributed by atoms with E-state index in [9.17, 15) is 4.79 Å². The zero-order chi connectivity index (χ0) is 16.6. The van der Waals surface area contributed by atoms with Crippen LogP contribution in [0.1, 0.15) is 50.5 Å². The van der Waals surface area contributed by atoms with E-state index in [1.807, 2.05) is 11.0 Å². The summed E-state index contributed by atoms with van der Waals surface area (Å²) in [6.07, 6.45) is 13.1. The van der Waals surface area contributed by atoms with Crippen molar-refractivity contribution in [2.45, 2.75) is 51.0 Å². The monoisotopic (exact) mass is 326 g/mol. The second-order valence-corrected chi connectivity index (χ2v) is 7.20. The Morgan fingerprint density at radius 2 is 1.75 bits per heavy atom. The van der Waals surface area contributed by atoms with Gasteiger partial charge in [-0.3, -0.25) is 4.79 Å². The van der Waals surface area contributed by atoms with Gasteiger partial charge in [0.25, 0.3) is 0 Å². The van der Waals surface area contributed by atoms with E-state index in [2.05, 4.69) is 41.7 Å². The molecule has 24 heavy (non-hydrogen) atoms. The standard InChI is InChI=1S/C21H30N2O/c24-21(17-22-20-9-5-2-6-10-20)23-15-13-19(14-16-23)12-11-18-7-3-1-4-8-18/h1,3-4,7-8,11-12,19-20,22H,2,5-6,9-10,13-17H2/b12-11+. The van der Waals surface area contributed by atoms with Crippen molar-refractivity contribution < 1.29 is 4.79 Å². The molecule has 1 aliphatic carbocycles. The molecule has 0 atom stereocenters. The lowest BCUT2D eigenvalue weighted by atomic mass is 9.95. The number of likely N-dealkylation sites (tertiary alicyclic amines) is 1. The molecule has 1 amide bonds. The second-order valence-electron chi connectivity index (χ2n) is 7.20. The van der Waals surface area contributed by atoms with Crippen LogP contribution in [0.15, 0.2) is 36.4 Å². The molecule has 0 bridgehead atoms. The summed E-state index contributed by atoms with van der Waals surface area (Å²) >= 11 is 0. The van der Waals surface area contributed by atoms with Crippen LogP contribution in [-0.4, -0.2) is 36.5 Å². The van der Waals surface area contributed by atoms with Crippen LogP contribution in [-0.2, 0) is 4.79 Å². The molecule has 0 aromatic heterocycles. The Labute approximate surface area is 146 Å². The minimum Gasteiger partial charge on any atom is -0.342 e. The van der Waals surface area contributed by atoms with Crippen molar-refractivity contribution in [2.75, 3.05) is 19.6 Å². The van der Waals surface area contributed by atoms with Gasteiger partial charge in [0.2, 0.25) is 5.91 Å². The van der Waals surface area contributed by atoms with Crippen LogP contribution in [0.2, 0.25) is 0 Å². The quantitative estimate of drug-likeness (QED) is 0.891. The third kappa shape index (κ3) is 5.20. The van der Waals surface area contributed by atoms with Gasteiger partial charge in [-0.25, -0.2) is 0 Å². The van der Waals surface area contributed by atoms with Gasteiger partial charge in [0, 0.05) is 19.1 Å². The summed E-state index contributed by atoms with van der Waals surface area (Å²) < 4.78 is 0. The van der Waals surface area contributed by atoms with Gasteiger partial charge in [-0.1, -0.05) is 61.7 Å². The Kier molecular flexibility index (Phi) is 6.48. The number of piperidine rings is 1. The third-order valence-electron chi connectivity index (χ3n) is 5.40. The number of nitrogens with one attached hydrogen (secondary N) is 1. The van der Waals surface area contributed by atoms with Crippen molar-refractivity contribution in [1.29, 1.82) is 0 Å². The number of carbonyl (C=O) groups is 1. The van der Waals surface area contributed by atoms with E-state index in [1.54, 1.807) is 0 Å². The molecule has 1 saturated carbocycles. The van der Waals surface area contributed by atoms with Crippen LogP contribution in [0, 0.1) is 5.92 Å². The zero-order valence-electron chi connectivity index (χ0n) is 14.6. The van der Waals surface area contributed by atoms with Crippen LogP contribution < -0.4 is 5.32 Å². The highest BCUT2D eigenvalue weighted by molar-refractivity contribution is 5.78. The Bertz CT molecular complexity index is 526. The lowest BCUT2D eigenvalue weighted by Crippen LogP contribution is -2.45. The first-order valence-corrected chi connectivity index (χ1v) is 9.55. The average molecular weight is 326 g/mol. The van der Waals surface area contributed by atoms with Gasteiger partial charge in [-0.15, -0.1) is 0 Å². The van der Waals surface area contributed by atoms with Crippen molar-refractivity contribution in [1.82, 2.24) is 10.2 Å². The van der Waals surface area contributed by atoms with Crippen molar-refractivity contribution in [2.24, 2.45) is 5.92 Å². The van der Waals surface area contributed by atoms with Crippen LogP contribution in [0.5, 0.6) is 0 Å². The molecule has 0 radical (unpaired) electrons. The molecule has 130 valence electrons. The van der Waals surface area contributed by atoms with Crippen molar-refractivity contribution in [3.63, 3.8) is 0 Å². The normalized spacial score (nSPS) is 20.6. The minimum atomic E-state index is 0.283. The summed E-state index contributed by atoms with van der Waals surface area (Å²) in [5, 5.41) is 3.47. The van der Waals surface area contributed by atoms with Crippen LogP contribution in [0.25, 0.3) is 6.08 Å². The average Bonchev–Trinajstić information content (AvgIpc) is 2.66. The molecule has 1 N–H and O–H groups in total. The van der Waals surface area contributed by atoms with E-state index in [1.165, 1.54) is 37.7 Å². The fraction of sp³-hybridized carbons (Fsp3) is 0.571. The summed E-state index contributed by atoms with van der Waals surface area (Å²) in [6.45, 7) is 2.32. The summed E-state index contributed by atoms with van der Waals surface area (Å²) in [5.74, 6) is 0.881. The first kappa shape index (κ1) is 17.2. The van der Waals surface area contributed by atoms with Gasteiger partial charge < -0.3 is 10.2 Å². The highest BCUT2D eigenvalue weighted by Gasteiger charge is 2.22. The highest BCUT2D eigenvalue weighted by atomic mass is 16.2. The Hall–Kier alpha value is -1.61. The maximum Gasteiger partial charge on any atom is 0.236 e. The zero-order valence-corrected chi connectivity index (χ0v) is 14.6. The van der Waals surface area contributed by atoms with Crippen LogP contribution in [0.4, 0.5) is 0 Å². The van der Waals surface area contributed by atoms with Crippen molar-refractivity contribution in [3.8, 4) is 0 Å². The van der Waals surface area contributed by atoms with Gasteiger partial charge in [0.05, 0.1) is 6.54 Å². The van der Waals surface area contributed by atoms with E-state index in [0.717, 1.165) is 25.9 Å². The number of nitrogens with zero attached hydrogens (tertiary/aromatic N) is 1. The first-order valence-electron chi connectivity index (χ1n) is 9.55. The summed E-state index contributed by atoms with van der Waals surface area (Å²) in [5.41, 5.74) is 1.26. The van der Waals surface area contributed by atoms with Crippen molar-refractivity contribution in [3.05, 3.63) is 42.0 Å². The molecule has 1 saturated heterocycles. The van der Waals surface area contributed by atoms with Gasteiger partial charge >= 0.3 is 0 Å². The lowest BCUT2D eigenvalue weighted by molar-refractivity contribution is -0.131. The first-order chi connectivity index (χ1) is 11.8. The molecular weight excluding hydrogens is 296 g/mol. The van der Waals surface area contributed by atoms with Gasteiger partial charge in [0.15, 0.2) is 0 Å². The predicted molar refractivity (Wildman–Crippen MR) is 99.7 cm³/mol. The van der Waals surface area contributed by atoms with E-state index in [0.29, 0.717) is 18.5 Å². The Morgan fingerprint density at radius 3 is 2.46 bits per heavy atom. The fourth-order valence-electron chi connectivity index (χ4n) is 3.80. The van der Waals surface area contributed by atoms with Crippen molar-refractivity contribution >= 4 is 12.0 Å². The number of rotatable bonds is 5. The number of benzene rings is 1. The molecule has 0 spiro atoms. The molecule has 1 aromatic rings. The minimum absolute atomic E-state index is 0.283. The second kappa shape index (κ2) is 9.03. The number of allylic oxidation sites excluding steroid dienone is 1. The SMILES string of the molecule is O=C(CNC1CCCCC1)N1CCC(/C=C/c2ccccc2)CC1. The molecule has 2 fully saturated rings. The van der Waals surface area contributed by atoms with E-state index < -0.39 is 0 Å². The Balaban J connectivity index is 1.38. The Morgan fingerprint density at radius 1 is 1.04 bits per heavy atom. The van der Waals surface area contributed by atoms with Gasteiger partial charge in [-0.2, -0.15) is 0 Å². The number of hydrogen-bond acceptors (Lipinski definition) is 2. The smallest absolute Gasteiger partial charge is 0.236 e. The summed E-state index contributed by atoms with van der Waals surface area (Å²) in [4.78, 5) is 14.4. The number of hydrogen-bond donors (Lipinski definition) is 1. The van der Waals surface area contributed by atoms with Crippen LogP contribution in [0.3, 0.4) is 0 Å². The van der Waals surface area contributed by atoms with Gasteiger partial charge in [0.1, 0.15) is 0 Å². The topological polar surface area (TPSA) is 32.3 Å².